The summed E-state index contributed by atoms with van der Waals surface area (Å²) in [6, 6.07) is 15.4. The van der Waals surface area contributed by atoms with E-state index in [1.165, 1.54) is 11.3 Å². The van der Waals surface area contributed by atoms with Crippen LogP contribution in [0.4, 0.5) is 15.6 Å². The zero-order valence-corrected chi connectivity index (χ0v) is 16.6. The van der Waals surface area contributed by atoms with Gasteiger partial charge < -0.3 is 14.4 Å². The van der Waals surface area contributed by atoms with E-state index in [2.05, 4.69) is 10.3 Å². The maximum Gasteiger partial charge on any atom is 0.413 e. The number of hydrogen-bond acceptors (Lipinski definition) is 6. The van der Waals surface area contributed by atoms with E-state index in [-0.39, 0.29) is 12.5 Å². The van der Waals surface area contributed by atoms with Gasteiger partial charge in [0.05, 0.1) is 24.5 Å². The lowest BCUT2D eigenvalue weighted by Gasteiger charge is -2.29. The van der Waals surface area contributed by atoms with Crippen LogP contribution in [0.1, 0.15) is 12.5 Å². The van der Waals surface area contributed by atoms with Crippen LogP contribution in [0.15, 0.2) is 53.9 Å². The fraction of sp³-hybridized carbons (Fsp3) is 0.190. The van der Waals surface area contributed by atoms with Crippen molar-refractivity contribution in [3.63, 3.8) is 0 Å². The molecule has 8 heteroatoms. The quantitative estimate of drug-likeness (QED) is 0.679. The lowest BCUT2D eigenvalue weighted by Crippen LogP contribution is -2.38. The molecule has 3 aromatic rings. The third-order valence-corrected chi connectivity index (χ3v) is 5.13. The summed E-state index contributed by atoms with van der Waals surface area (Å²) in [7, 11) is 0. The fourth-order valence-electron chi connectivity index (χ4n) is 3.02. The molecule has 0 saturated carbocycles. The SMILES string of the molecule is CCOC(=O)Nc1nc(-c2ccc3c(c2)N(Cc2ccccc2)C(=O)CO3)cs1. The molecule has 1 aliphatic rings. The molecule has 0 spiro atoms. The predicted octanol–water partition coefficient (Wildman–Crippen LogP) is 4.30. The van der Waals surface area contributed by atoms with E-state index < -0.39 is 6.09 Å². The summed E-state index contributed by atoms with van der Waals surface area (Å²) in [6.45, 7) is 2.51. The number of thiazole rings is 1. The zero-order chi connectivity index (χ0) is 20.2. The standard InChI is InChI=1S/C21H19N3O4S/c1-2-27-21(26)23-20-22-16(13-29-20)15-8-9-18-17(10-15)24(19(25)12-28-18)11-14-6-4-3-5-7-14/h3-10,13H,2,11-12H2,1H3,(H,22,23,26). The number of carbonyl (C=O) groups is 2. The molecular formula is C21H19N3O4S. The van der Waals surface area contributed by atoms with E-state index in [4.69, 9.17) is 9.47 Å². The van der Waals surface area contributed by atoms with Gasteiger partial charge >= 0.3 is 6.09 Å². The highest BCUT2D eigenvalue weighted by Gasteiger charge is 2.26. The van der Waals surface area contributed by atoms with Gasteiger partial charge in [-0.3, -0.25) is 10.1 Å². The molecule has 2 aromatic carbocycles. The second kappa shape index (κ2) is 8.32. The molecule has 1 aliphatic heterocycles. The summed E-state index contributed by atoms with van der Waals surface area (Å²) in [5.74, 6) is 0.561. The van der Waals surface area contributed by atoms with Crippen LogP contribution in [0.3, 0.4) is 0 Å². The van der Waals surface area contributed by atoms with E-state index in [1.807, 2.05) is 53.9 Å². The molecule has 0 atom stereocenters. The van der Waals surface area contributed by atoms with Gasteiger partial charge in [0.15, 0.2) is 11.7 Å². The molecule has 0 radical (unpaired) electrons. The highest BCUT2D eigenvalue weighted by molar-refractivity contribution is 7.14. The van der Waals surface area contributed by atoms with Crippen molar-refractivity contribution in [2.24, 2.45) is 0 Å². The molecule has 7 nitrogen and oxygen atoms in total. The number of fused-ring (bicyclic) bond motifs is 1. The molecule has 1 N–H and O–H groups in total. The molecule has 0 unspecified atom stereocenters. The van der Waals surface area contributed by atoms with Gasteiger partial charge in [-0.1, -0.05) is 30.3 Å². The van der Waals surface area contributed by atoms with E-state index in [0.717, 1.165) is 11.1 Å². The maximum absolute atomic E-state index is 12.5. The fourth-order valence-corrected chi connectivity index (χ4v) is 3.72. The molecule has 0 fully saturated rings. The monoisotopic (exact) mass is 409 g/mol. The number of hydrogen-bond donors (Lipinski definition) is 1. The number of nitrogens with one attached hydrogen (secondary N) is 1. The van der Waals surface area contributed by atoms with Gasteiger partial charge in [0.1, 0.15) is 5.75 Å². The number of rotatable bonds is 5. The van der Waals surface area contributed by atoms with Gasteiger partial charge in [-0.05, 0) is 30.7 Å². The topological polar surface area (TPSA) is 80.8 Å². The number of ether oxygens (including phenoxy) is 2. The predicted molar refractivity (Wildman–Crippen MR) is 111 cm³/mol. The largest absolute Gasteiger partial charge is 0.482 e. The number of amides is 2. The molecule has 2 amide bonds. The first-order chi connectivity index (χ1) is 14.1. The molecule has 148 valence electrons. The van der Waals surface area contributed by atoms with Crippen molar-refractivity contribution >= 4 is 34.2 Å². The highest BCUT2D eigenvalue weighted by atomic mass is 32.1. The molecule has 1 aromatic heterocycles. The molecule has 29 heavy (non-hydrogen) atoms. The van der Waals surface area contributed by atoms with Crippen LogP contribution in [-0.4, -0.2) is 30.2 Å². The van der Waals surface area contributed by atoms with Gasteiger partial charge in [0.25, 0.3) is 5.91 Å². The van der Waals surface area contributed by atoms with Crippen molar-refractivity contribution in [2.45, 2.75) is 13.5 Å². The lowest BCUT2D eigenvalue weighted by atomic mass is 10.1. The Bertz CT molecular complexity index is 1040. The molecule has 0 bridgehead atoms. The van der Waals surface area contributed by atoms with Crippen molar-refractivity contribution in [1.29, 1.82) is 0 Å². The number of aromatic nitrogens is 1. The average Bonchev–Trinajstić information content (AvgIpc) is 3.19. The zero-order valence-electron chi connectivity index (χ0n) is 15.8. The summed E-state index contributed by atoms with van der Waals surface area (Å²) in [5.41, 5.74) is 3.26. The minimum atomic E-state index is -0.535. The van der Waals surface area contributed by atoms with Crippen LogP contribution in [0.25, 0.3) is 11.3 Å². The summed E-state index contributed by atoms with van der Waals surface area (Å²) in [4.78, 5) is 30.3. The van der Waals surface area contributed by atoms with Crippen molar-refractivity contribution < 1.29 is 19.1 Å². The number of nitrogens with zero attached hydrogens (tertiary/aromatic N) is 2. The van der Waals surface area contributed by atoms with E-state index in [0.29, 0.717) is 35.4 Å². The van der Waals surface area contributed by atoms with Crippen LogP contribution < -0.4 is 15.0 Å². The summed E-state index contributed by atoms with van der Waals surface area (Å²) >= 11 is 1.31. The number of anilines is 2. The summed E-state index contributed by atoms with van der Waals surface area (Å²) in [6.07, 6.45) is -0.535. The van der Waals surface area contributed by atoms with Gasteiger partial charge in [-0.2, -0.15) is 0 Å². The third kappa shape index (κ3) is 4.22. The Balaban J connectivity index is 1.61. The van der Waals surface area contributed by atoms with Crippen molar-refractivity contribution in [1.82, 2.24) is 4.98 Å². The third-order valence-electron chi connectivity index (χ3n) is 4.37. The van der Waals surface area contributed by atoms with Crippen LogP contribution in [0.5, 0.6) is 5.75 Å². The van der Waals surface area contributed by atoms with Crippen LogP contribution in [0, 0.1) is 0 Å². The normalized spacial score (nSPS) is 12.9. The second-order valence-electron chi connectivity index (χ2n) is 6.32. The average molecular weight is 409 g/mol. The van der Waals surface area contributed by atoms with Gasteiger partial charge in [0, 0.05) is 10.9 Å². The first kappa shape index (κ1) is 18.9. The van der Waals surface area contributed by atoms with Gasteiger partial charge in [0.2, 0.25) is 0 Å². The van der Waals surface area contributed by atoms with Crippen molar-refractivity contribution in [3.05, 3.63) is 59.5 Å². The Morgan fingerprint density at radius 1 is 1.28 bits per heavy atom. The molecular weight excluding hydrogens is 390 g/mol. The molecule has 4 rings (SSSR count). The van der Waals surface area contributed by atoms with Crippen LogP contribution >= 0.6 is 11.3 Å². The Labute approximate surface area is 171 Å². The van der Waals surface area contributed by atoms with E-state index in [9.17, 15) is 9.59 Å². The van der Waals surface area contributed by atoms with Gasteiger partial charge in [-0.25, -0.2) is 9.78 Å². The smallest absolute Gasteiger partial charge is 0.413 e. The van der Waals surface area contributed by atoms with E-state index >= 15 is 0 Å². The Morgan fingerprint density at radius 3 is 2.90 bits per heavy atom. The van der Waals surface area contributed by atoms with Gasteiger partial charge in [-0.15, -0.1) is 11.3 Å². The Hall–Kier alpha value is -3.39. The Morgan fingerprint density at radius 2 is 2.10 bits per heavy atom. The minimum absolute atomic E-state index is 0.0174. The Kier molecular flexibility index (Phi) is 5.44. The first-order valence-electron chi connectivity index (χ1n) is 9.15. The first-order valence-corrected chi connectivity index (χ1v) is 10.0. The summed E-state index contributed by atoms with van der Waals surface area (Å²) < 4.78 is 10.5. The second-order valence-corrected chi connectivity index (χ2v) is 7.18. The number of carbonyl (C=O) groups excluding carboxylic acids is 2. The molecule has 0 saturated heterocycles. The highest BCUT2D eigenvalue weighted by Crippen LogP contribution is 2.37. The van der Waals surface area contributed by atoms with Crippen molar-refractivity contribution in [3.8, 4) is 17.0 Å². The summed E-state index contributed by atoms with van der Waals surface area (Å²) in [5, 5.41) is 4.89. The minimum Gasteiger partial charge on any atom is -0.482 e. The van der Waals surface area contributed by atoms with E-state index in [1.54, 1.807) is 11.8 Å². The molecule has 2 heterocycles. The lowest BCUT2D eigenvalue weighted by molar-refractivity contribution is -0.121. The molecule has 0 aliphatic carbocycles. The van der Waals surface area contributed by atoms with Crippen molar-refractivity contribution in [2.75, 3.05) is 23.4 Å². The maximum atomic E-state index is 12.5. The number of benzene rings is 2. The van der Waals surface area contributed by atoms with Crippen LogP contribution in [0.2, 0.25) is 0 Å². The van der Waals surface area contributed by atoms with Crippen LogP contribution in [-0.2, 0) is 16.1 Å².